The summed E-state index contributed by atoms with van der Waals surface area (Å²) in [6.07, 6.45) is 4.18. The van der Waals surface area contributed by atoms with Gasteiger partial charge in [0.2, 0.25) is 0 Å². The van der Waals surface area contributed by atoms with Gasteiger partial charge < -0.3 is 5.32 Å². The molecule has 1 heterocycles. The lowest BCUT2D eigenvalue weighted by Crippen LogP contribution is -2.14. The molecule has 1 unspecified atom stereocenters. The molecule has 0 aliphatic rings. The molecular weight excluding hydrogens is 166 g/mol. The summed E-state index contributed by atoms with van der Waals surface area (Å²) in [6, 6.07) is 4.77. The van der Waals surface area contributed by atoms with Crippen LogP contribution >= 0.6 is 11.3 Å². The van der Waals surface area contributed by atoms with Gasteiger partial charge in [0.1, 0.15) is 0 Å². The highest BCUT2D eigenvalue weighted by Gasteiger charge is 2.07. The molecule has 0 amide bonds. The average molecular weight is 181 g/mol. The van der Waals surface area contributed by atoms with Gasteiger partial charge >= 0.3 is 0 Å². The van der Waals surface area contributed by atoms with Crippen molar-refractivity contribution in [1.82, 2.24) is 5.32 Å². The summed E-state index contributed by atoms with van der Waals surface area (Å²) in [5.74, 6) is 0. The first-order valence-corrected chi connectivity index (χ1v) is 5.08. The van der Waals surface area contributed by atoms with Crippen molar-refractivity contribution in [2.45, 2.75) is 18.9 Å². The van der Waals surface area contributed by atoms with Crippen molar-refractivity contribution in [2.24, 2.45) is 0 Å². The van der Waals surface area contributed by atoms with Crippen LogP contribution in [-0.2, 0) is 0 Å². The molecule has 0 saturated heterocycles. The van der Waals surface area contributed by atoms with E-state index in [-0.39, 0.29) is 0 Å². The number of rotatable bonds is 5. The summed E-state index contributed by atoms with van der Waals surface area (Å²) in [5.41, 5.74) is 0. The monoisotopic (exact) mass is 181 g/mol. The second-order valence-electron chi connectivity index (χ2n) is 2.72. The van der Waals surface area contributed by atoms with Crippen LogP contribution in [0.2, 0.25) is 0 Å². The molecule has 1 aromatic rings. The molecule has 1 N–H and O–H groups in total. The maximum atomic E-state index is 3.72. The number of thiophene rings is 1. The smallest absolute Gasteiger partial charge is 0.0415 e. The van der Waals surface area contributed by atoms with Crippen LogP contribution in [0.1, 0.15) is 23.8 Å². The fourth-order valence-electron chi connectivity index (χ4n) is 1.20. The normalized spacial score (nSPS) is 12.8. The molecule has 0 radical (unpaired) electrons. The Labute approximate surface area is 78.1 Å². The first-order chi connectivity index (χ1) is 5.88. The molecule has 1 rings (SSSR count). The summed E-state index contributed by atoms with van der Waals surface area (Å²) in [7, 11) is 2.01. The highest BCUT2D eigenvalue weighted by molar-refractivity contribution is 7.10. The van der Waals surface area contributed by atoms with Crippen LogP contribution < -0.4 is 5.32 Å². The highest BCUT2D eigenvalue weighted by atomic mass is 32.1. The van der Waals surface area contributed by atoms with E-state index in [0.717, 1.165) is 12.8 Å². The zero-order valence-corrected chi connectivity index (χ0v) is 8.23. The van der Waals surface area contributed by atoms with E-state index in [4.69, 9.17) is 0 Å². The highest BCUT2D eigenvalue weighted by Crippen LogP contribution is 2.22. The van der Waals surface area contributed by atoms with Gasteiger partial charge in [-0.1, -0.05) is 12.1 Å². The second kappa shape index (κ2) is 5.12. The quantitative estimate of drug-likeness (QED) is 0.689. The lowest BCUT2D eigenvalue weighted by Gasteiger charge is -2.12. The third kappa shape index (κ3) is 2.47. The van der Waals surface area contributed by atoms with E-state index in [1.165, 1.54) is 4.88 Å². The zero-order chi connectivity index (χ0) is 8.81. The van der Waals surface area contributed by atoms with E-state index in [1.54, 1.807) is 0 Å². The molecule has 12 heavy (non-hydrogen) atoms. The Kier molecular flexibility index (Phi) is 4.05. The van der Waals surface area contributed by atoms with Gasteiger partial charge in [-0.25, -0.2) is 0 Å². The standard InChI is InChI=1S/C10H15NS/c1-3-4-6-9(11-2)10-7-5-8-12-10/h3,5,7-9,11H,1,4,6H2,2H3. The summed E-state index contributed by atoms with van der Waals surface area (Å²) < 4.78 is 0. The first kappa shape index (κ1) is 9.49. The molecule has 66 valence electrons. The van der Waals surface area contributed by atoms with Gasteiger partial charge in [-0.05, 0) is 31.3 Å². The van der Waals surface area contributed by atoms with Gasteiger partial charge in [-0.15, -0.1) is 17.9 Å². The molecule has 2 heteroatoms. The maximum Gasteiger partial charge on any atom is 0.0415 e. The van der Waals surface area contributed by atoms with Crippen LogP contribution in [0, 0.1) is 0 Å². The molecule has 0 aromatic carbocycles. The SMILES string of the molecule is C=CCCC(NC)c1cccs1. The van der Waals surface area contributed by atoms with Crippen molar-refractivity contribution >= 4 is 11.3 Å². The van der Waals surface area contributed by atoms with Crippen molar-refractivity contribution in [3.8, 4) is 0 Å². The number of hydrogen-bond donors (Lipinski definition) is 1. The van der Waals surface area contributed by atoms with Crippen LogP contribution in [0.3, 0.4) is 0 Å². The maximum absolute atomic E-state index is 3.72. The van der Waals surface area contributed by atoms with E-state index in [1.807, 2.05) is 24.5 Å². The summed E-state index contributed by atoms with van der Waals surface area (Å²) in [6.45, 7) is 3.72. The van der Waals surface area contributed by atoms with Gasteiger partial charge in [0.15, 0.2) is 0 Å². The fraction of sp³-hybridized carbons (Fsp3) is 0.400. The van der Waals surface area contributed by atoms with E-state index in [0.29, 0.717) is 6.04 Å². The molecule has 0 aliphatic heterocycles. The van der Waals surface area contributed by atoms with Crippen molar-refractivity contribution in [3.63, 3.8) is 0 Å². The fourth-order valence-corrected chi connectivity index (χ4v) is 2.07. The average Bonchev–Trinajstić information content (AvgIpc) is 2.59. The Hall–Kier alpha value is -0.600. The lowest BCUT2D eigenvalue weighted by molar-refractivity contribution is 0.564. The predicted molar refractivity (Wildman–Crippen MR) is 55.6 cm³/mol. The number of allylic oxidation sites excluding steroid dienone is 1. The largest absolute Gasteiger partial charge is 0.312 e. The van der Waals surface area contributed by atoms with Gasteiger partial charge in [0, 0.05) is 10.9 Å². The van der Waals surface area contributed by atoms with Gasteiger partial charge in [0.05, 0.1) is 0 Å². The van der Waals surface area contributed by atoms with Crippen LogP contribution in [0.15, 0.2) is 30.2 Å². The minimum Gasteiger partial charge on any atom is -0.312 e. The van der Waals surface area contributed by atoms with Gasteiger partial charge in [0.25, 0.3) is 0 Å². The Bertz CT molecular complexity index is 216. The Morgan fingerprint density at radius 1 is 1.75 bits per heavy atom. The minimum atomic E-state index is 0.503. The van der Waals surface area contributed by atoms with Crippen molar-refractivity contribution in [3.05, 3.63) is 35.0 Å². The van der Waals surface area contributed by atoms with Crippen molar-refractivity contribution < 1.29 is 0 Å². The molecule has 1 atom stereocenters. The van der Waals surface area contributed by atoms with E-state index in [2.05, 4.69) is 29.4 Å². The molecule has 0 aliphatic carbocycles. The summed E-state index contributed by atoms with van der Waals surface area (Å²) >= 11 is 1.81. The Morgan fingerprint density at radius 3 is 3.08 bits per heavy atom. The van der Waals surface area contributed by atoms with Crippen LogP contribution in [-0.4, -0.2) is 7.05 Å². The van der Waals surface area contributed by atoms with Crippen molar-refractivity contribution in [1.29, 1.82) is 0 Å². The topological polar surface area (TPSA) is 12.0 Å². The Balaban J connectivity index is 2.51. The summed E-state index contributed by atoms with van der Waals surface area (Å²) in [5, 5.41) is 5.42. The minimum absolute atomic E-state index is 0.503. The second-order valence-corrected chi connectivity index (χ2v) is 3.70. The van der Waals surface area contributed by atoms with Gasteiger partial charge in [-0.3, -0.25) is 0 Å². The van der Waals surface area contributed by atoms with Crippen molar-refractivity contribution in [2.75, 3.05) is 7.05 Å². The third-order valence-electron chi connectivity index (χ3n) is 1.89. The van der Waals surface area contributed by atoms with E-state index >= 15 is 0 Å². The molecule has 1 aromatic heterocycles. The van der Waals surface area contributed by atoms with Crippen LogP contribution in [0.25, 0.3) is 0 Å². The molecule has 0 saturated carbocycles. The molecule has 0 fully saturated rings. The number of nitrogens with one attached hydrogen (secondary N) is 1. The molecule has 0 spiro atoms. The van der Waals surface area contributed by atoms with Gasteiger partial charge in [-0.2, -0.15) is 0 Å². The Morgan fingerprint density at radius 2 is 2.58 bits per heavy atom. The third-order valence-corrected chi connectivity index (χ3v) is 2.88. The number of hydrogen-bond acceptors (Lipinski definition) is 2. The molecule has 1 nitrogen and oxygen atoms in total. The van der Waals surface area contributed by atoms with Crippen LogP contribution in [0.5, 0.6) is 0 Å². The molecule has 0 bridgehead atoms. The zero-order valence-electron chi connectivity index (χ0n) is 7.42. The van der Waals surface area contributed by atoms with E-state index < -0.39 is 0 Å². The summed E-state index contributed by atoms with van der Waals surface area (Å²) in [4.78, 5) is 1.42. The first-order valence-electron chi connectivity index (χ1n) is 4.20. The molecular formula is C10H15NS. The lowest BCUT2D eigenvalue weighted by atomic mass is 10.1. The predicted octanol–water partition coefficient (Wildman–Crippen LogP) is 2.97. The van der Waals surface area contributed by atoms with E-state index in [9.17, 15) is 0 Å². The van der Waals surface area contributed by atoms with Crippen LogP contribution in [0.4, 0.5) is 0 Å².